The summed E-state index contributed by atoms with van der Waals surface area (Å²) >= 11 is 0. The quantitative estimate of drug-likeness (QED) is 0.616. The van der Waals surface area contributed by atoms with Crippen LogP contribution in [-0.2, 0) is 11.8 Å². The molecule has 6 nitrogen and oxygen atoms in total. The Labute approximate surface area is 75.0 Å². The predicted octanol–water partition coefficient (Wildman–Crippen LogP) is -0.888. The maximum absolute atomic E-state index is 10.9. The highest BCUT2D eigenvalue weighted by Crippen LogP contribution is 2.14. The van der Waals surface area contributed by atoms with Crippen molar-refractivity contribution in [1.82, 2.24) is 9.55 Å². The fourth-order valence-corrected chi connectivity index (χ4v) is 1.06. The number of amides is 2. The van der Waals surface area contributed by atoms with Gasteiger partial charge in [-0.2, -0.15) is 0 Å². The van der Waals surface area contributed by atoms with Crippen molar-refractivity contribution in [2.24, 2.45) is 12.8 Å². The van der Waals surface area contributed by atoms with Gasteiger partial charge < -0.3 is 15.2 Å². The van der Waals surface area contributed by atoms with Crippen LogP contribution in [0.4, 0.5) is 5.82 Å². The van der Waals surface area contributed by atoms with Crippen molar-refractivity contribution in [3.63, 3.8) is 0 Å². The number of nitrogens with zero attached hydrogens (tertiary/aromatic N) is 3. The lowest BCUT2D eigenvalue weighted by molar-refractivity contribution is -0.107. The zero-order valence-electron chi connectivity index (χ0n) is 7.39. The molecule has 0 aliphatic carbocycles. The molecular formula is C7H10N4O2. The fraction of sp³-hybridized carbons (Fsp3) is 0.286. The number of aromatic nitrogens is 2. The van der Waals surface area contributed by atoms with Gasteiger partial charge in [-0.1, -0.05) is 0 Å². The number of rotatable bonds is 3. The molecule has 0 spiro atoms. The maximum atomic E-state index is 10.9. The third-order valence-electron chi connectivity index (χ3n) is 1.63. The molecule has 70 valence electrons. The minimum Gasteiger partial charge on any atom is -0.364 e. The van der Waals surface area contributed by atoms with E-state index >= 15 is 0 Å². The number of carbonyl (C=O) groups is 2. The van der Waals surface area contributed by atoms with E-state index in [1.807, 2.05) is 0 Å². The minimum absolute atomic E-state index is 0.0945. The third kappa shape index (κ3) is 1.51. The fourth-order valence-electron chi connectivity index (χ4n) is 1.06. The molecular weight excluding hydrogens is 172 g/mol. The zero-order valence-corrected chi connectivity index (χ0v) is 7.39. The molecule has 0 bridgehead atoms. The summed E-state index contributed by atoms with van der Waals surface area (Å²) in [6, 6.07) is 0. The Morgan fingerprint density at radius 2 is 2.38 bits per heavy atom. The summed E-state index contributed by atoms with van der Waals surface area (Å²) in [5, 5.41) is 0. The van der Waals surface area contributed by atoms with Crippen LogP contribution in [-0.4, -0.2) is 28.9 Å². The van der Waals surface area contributed by atoms with E-state index in [1.54, 1.807) is 11.6 Å². The summed E-state index contributed by atoms with van der Waals surface area (Å²) in [6.45, 7) is 0. The smallest absolute Gasteiger partial charge is 0.271 e. The molecule has 0 aliphatic heterocycles. The maximum Gasteiger partial charge on any atom is 0.271 e. The standard InChI is InChI=1S/C7H10N4O2/c1-10-3-9-5(6(8)13)7(10)11(2)4-12/h3-4H,1-2H3,(H2,8,13). The molecule has 2 N–H and O–H groups in total. The largest absolute Gasteiger partial charge is 0.364 e. The third-order valence-corrected chi connectivity index (χ3v) is 1.63. The first kappa shape index (κ1) is 9.24. The van der Waals surface area contributed by atoms with Crippen LogP contribution in [0.3, 0.4) is 0 Å². The SMILES string of the molecule is CN(C=O)c1c(C(N)=O)ncn1C. The van der Waals surface area contributed by atoms with Gasteiger partial charge in [0.15, 0.2) is 5.69 Å². The highest BCUT2D eigenvalue weighted by atomic mass is 16.1. The molecule has 0 aromatic carbocycles. The molecule has 1 aromatic heterocycles. The number of hydrogen-bond donors (Lipinski definition) is 1. The van der Waals surface area contributed by atoms with Crippen molar-refractivity contribution in [2.45, 2.75) is 0 Å². The Morgan fingerprint density at radius 3 is 2.85 bits per heavy atom. The molecule has 0 saturated carbocycles. The molecule has 0 radical (unpaired) electrons. The summed E-state index contributed by atoms with van der Waals surface area (Å²) < 4.78 is 1.55. The number of carbonyl (C=O) groups excluding carboxylic acids is 2. The van der Waals surface area contributed by atoms with Crippen LogP contribution in [0.2, 0.25) is 0 Å². The Kier molecular flexibility index (Phi) is 2.32. The van der Waals surface area contributed by atoms with Gasteiger partial charge in [0.25, 0.3) is 5.91 Å². The summed E-state index contributed by atoms with van der Waals surface area (Å²) in [5.41, 5.74) is 5.16. The van der Waals surface area contributed by atoms with E-state index in [1.165, 1.54) is 18.3 Å². The topological polar surface area (TPSA) is 81.2 Å². The molecule has 0 unspecified atom stereocenters. The van der Waals surface area contributed by atoms with E-state index in [0.717, 1.165) is 0 Å². The lowest BCUT2D eigenvalue weighted by Gasteiger charge is -2.11. The van der Waals surface area contributed by atoms with Crippen LogP contribution >= 0.6 is 0 Å². The van der Waals surface area contributed by atoms with E-state index in [-0.39, 0.29) is 5.69 Å². The molecule has 1 aromatic rings. The number of nitrogens with two attached hydrogens (primary N) is 1. The van der Waals surface area contributed by atoms with Crippen LogP contribution < -0.4 is 10.6 Å². The molecule has 1 rings (SSSR count). The monoisotopic (exact) mass is 182 g/mol. The second-order valence-electron chi connectivity index (χ2n) is 2.61. The van der Waals surface area contributed by atoms with Crippen LogP contribution in [0.1, 0.15) is 10.5 Å². The summed E-state index contributed by atoms with van der Waals surface area (Å²) in [7, 11) is 3.20. The van der Waals surface area contributed by atoms with Gasteiger partial charge in [-0.15, -0.1) is 0 Å². The highest BCUT2D eigenvalue weighted by molar-refractivity contribution is 5.97. The minimum atomic E-state index is -0.649. The first-order valence-electron chi connectivity index (χ1n) is 3.57. The van der Waals surface area contributed by atoms with E-state index < -0.39 is 5.91 Å². The number of hydrogen-bond acceptors (Lipinski definition) is 3. The molecule has 0 atom stereocenters. The summed E-state index contributed by atoms with van der Waals surface area (Å²) in [4.78, 5) is 26.3. The van der Waals surface area contributed by atoms with Gasteiger partial charge in [-0.3, -0.25) is 9.59 Å². The molecule has 1 heterocycles. The van der Waals surface area contributed by atoms with Gasteiger partial charge in [-0.05, 0) is 0 Å². The van der Waals surface area contributed by atoms with Crippen LogP contribution in [0, 0.1) is 0 Å². The normalized spacial score (nSPS) is 9.69. The van der Waals surface area contributed by atoms with Gasteiger partial charge in [0, 0.05) is 14.1 Å². The molecule has 6 heteroatoms. The molecule has 2 amide bonds. The van der Waals surface area contributed by atoms with Crippen LogP contribution in [0.5, 0.6) is 0 Å². The predicted molar refractivity (Wildman–Crippen MR) is 46.2 cm³/mol. The Bertz CT molecular complexity index is 344. The van der Waals surface area contributed by atoms with E-state index in [4.69, 9.17) is 5.73 Å². The number of anilines is 1. The van der Waals surface area contributed by atoms with E-state index in [9.17, 15) is 9.59 Å². The van der Waals surface area contributed by atoms with E-state index in [0.29, 0.717) is 12.2 Å². The van der Waals surface area contributed by atoms with E-state index in [2.05, 4.69) is 4.98 Å². The molecule has 0 saturated heterocycles. The van der Waals surface area contributed by atoms with Crippen molar-refractivity contribution in [3.05, 3.63) is 12.0 Å². The highest BCUT2D eigenvalue weighted by Gasteiger charge is 2.16. The average molecular weight is 182 g/mol. The van der Waals surface area contributed by atoms with Crippen molar-refractivity contribution in [1.29, 1.82) is 0 Å². The van der Waals surface area contributed by atoms with Crippen LogP contribution in [0.15, 0.2) is 6.33 Å². The zero-order chi connectivity index (χ0) is 10.0. The molecule has 0 fully saturated rings. The summed E-state index contributed by atoms with van der Waals surface area (Å²) in [5.74, 6) is -0.258. The van der Waals surface area contributed by atoms with Crippen molar-refractivity contribution >= 4 is 18.1 Å². The van der Waals surface area contributed by atoms with Gasteiger partial charge in [-0.25, -0.2) is 4.98 Å². The lowest BCUT2D eigenvalue weighted by atomic mass is 10.4. The van der Waals surface area contributed by atoms with Crippen LogP contribution in [0.25, 0.3) is 0 Å². The Hall–Kier alpha value is -1.85. The second-order valence-corrected chi connectivity index (χ2v) is 2.61. The van der Waals surface area contributed by atoms with Crippen molar-refractivity contribution in [3.8, 4) is 0 Å². The number of primary amides is 1. The van der Waals surface area contributed by atoms with Crippen molar-refractivity contribution in [2.75, 3.05) is 11.9 Å². The van der Waals surface area contributed by atoms with Gasteiger partial charge >= 0.3 is 0 Å². The molecule has 0 aliphatic rings. The second kappa shape index (κ2) is 3.26. The lowest BCUT2D eigenvalue weighted by Crippen LogP contribution is -2.22. The number of aryl methyl sites for hydroxylation is 1. The first-order chi connectivity index (χ1) is 6.07. The first-order valence-corrected chi connectivity index (χ1v) is 3.57. The average Bonchev–Trinajstić information content (AvgIpc) is 2.46. The summed E-state index contributed by atoms with van der Waals surface area (Å²) in [6.07, 6.45) is 2.01. The Morgan fingerprint density at radius 1 is 1.77 bits per heavy atom. The Balaban J connectivity index is 3.23. The molecule has 13 heavy (non-hydrogen) atoms. The van der Waals surface area contributed by atoms with Gasteiger partial charge in [0.2, 0.25) is 6.41 Å². The number of imidazole rings is 1. The van der Waals surface area contributed by atoms with Gasteiger partial charge in [0.1, 0.15) is 5.82 Å². The van der Waals surface area contributed by atoms with Crippen molar-refractivity contribution < 1.29 is 9.59 Å². The van der Waals surface area contributed by atoms with Gasteiger partial charge in [0.05, 0.1) is 6.33 Å².